The highest BCUT2D eigenvalue weighted by molar-refractivity contribution is 5.68. The van der Waals surface area contributed by atoms with Crippen molar-refractivity contribution in [2.24, 2.45) is 0 Å². The summed E-state index contributed by atoms with van der Waals surface area (Å²) in [4.78, 5) is 12.9. The summed E-state index contributed by atoms with van der Waals surface area (Å²) >= 11 is 0. The fourth-order valence-corrected chi connectivity index (χ4v) is 3.22. The molecule has 0 aliphatic carbocycles. The van der Waals surface area contributed by atoms with E-state index in [1.54, 1.807) is 60.0 Å². The van der Waals surface area contributed by atoms with E-state index in [0.717, 1.165) is 11.1 Å². The number of hydrogen-bond acceptors (Lipinski definition) is 5. The van der Waals surface area contributed by atoms with Crippen molar-refractivity contribution in [3.63, 3.8) is 0 Å². The summed E-state index contributed by atoms with van der Waals surface area (Å²) in [6, 6.07) is 16.6. The van der Waals surface area contributed by atoms with Crippen LogP contribution in [-0.4, -0.2) is 28.4 Å². The van der Waals surface area contributed by atoms with Crippen molar-refractivity contribution in [2.75, 3.05) is 14.2 Å². The zero-order valence-corrected chi connectivity index (χ0v) is 16.0. The molecule has 0 unspecified atom stereocenters. The molecule has 7 heteroatoms. The number of hydrogen-bond donors (Lipinski definition) is 0. The summed E-state index contributed by atoms with van der Waals surface area (Å²) in [7, 11) is 3.16. The number of nitriles is 1. The predicted molar refractivity (Wildman–Crippen MR) is 108 cm³/mol. The van der Waals surface area contributed by atoms with Crippen LogP contribution in [0.4, 0.5) is 0 Å². The van der Waals surface area contributed by atoms with Crippen molar-refractivity contribution in [2.45, 2.75) is 6.54 Å². The molecular weight excluding hydrogens is 368 g/mol. The Morgan fingerprint density at radius 3 is 2.62 bits per heavy atom. The normalized spacial score (nSPS) is 10.7. The monoisotopic (exact) mass is 386 g/mol. The maximum Gasteiger partial charge on any atom is 0.276 e. The maximum absolute atomic E-state index is 12.9. The number of aromatic nitrogens is 3. The second kappa shape index (κ2) is 7.52. The van der Waals surface area contributed by atoms with Gasteiger partial charge in [0.15, 0.2) is 11.5 Å². The molecule has 7 nitrogen and oxygen atoms in total. The van der Waals surface area contributed by atoms with Crippen LogP contribution < -0.4 is 15.0 Å². The molecule has 0 saturated heterocycles. The third-order valence-electron chi connectivity index (χ3n) is 4.69. The van der Waals surface area contributed by atoms with E-state index in [9.17, 15) is 4.79 Å². The van der Waals surface area contributed by atoms with Crippen LogP contribution in [0.25, 0.3) is 16.8 Å². The standard InChI is InChI=1S/C22H18N4O3/c1-28-20-7-6-17(11-21(20)29-2)18-12-19-22(27)25(8-9-26(19)24-18)14-16-5-3-4-15(10-16)13-23/h3-12H,14H2,1-2H3. The Bertz CT molecular complexity index is 1300. The lowest BCUT2D eigenvalue weighted by molar-refractivity contribution is 0.355. The summed E-state index contributed by atoms with van der Waals surface area (Å²) in [6.45, 7) is 0.377. The highest BCUT2D eigenvalue weighted by Crippen LogP contribution is 2.31. The van der Waals surface area contributed by atoms with Crippen LogP contribution in [0.2, 0.25) is 0 Å². The predicted octanol–water partition coefficient (Wildman–Crippen LogP) is 3.10. The molecule has 0 amide bonds. The maximum atomic E-state index is 12.9. The van der Waals surface area contributed by atoms with Crippen molar-refractivity contribution < 1.29 is 9.47 Å². The van der Waals surface area contributed by atoms with E-state index in [1.807, 2.05) is 24.3 Å². The molecule has 0 saturated carbocycles. The number of nitrogens with zero attached hydrogens (tertiary/aromatic N) is 4. The lowest BCUT2D eigenvalue weighted by atomic mass is 10.1. The first kappa shape index (κ1) is 18.3. The average Bonchev–Trinajstić information content (AvgIpc) is 3.20. The van der Waals surface area contributed by atoms with Gasteiger partial charge in [0.2, 0.25) is 0 Å². The van der Waals surface area contributed by atoms with Gasteiger partial charge in [-0.05, 0) is 42.0 Å². The van der Waals surface area contributed by atoms with Gasteiger partial charge in [-0.15, -0.1) is 0 Å². The minimum atomic E-state index is -0.158. The van der Waals surface area contributed by atoms with Gasteiger partial charge >= 0.3 is 0 Å². The van der Waals surface area contributed by atoms with Crippen molar-refractivity contribution in [1.29, 1.82) is 5.26 Å². The van der Waals surface area contributed by atoms with Gasteiger partial charge in [-0.25, -0.2) is 4.52 Å². The van der Waals surface area contributed by atoms with E-state index < -0.39 is 0 Å². The highest BCUT2D eigenvalue weighted by Gasteiger charge is 2.12. The van der Waals surface area contributed by atoms with Crippen LogP contribution >= 0.6 is 0 Å². The van der Waals surface area contributed by atoms with Crippen molar-refractivity contribution in [3.8, 4) is 28.8 Å². The van der Waals surface area contributed by atoms with Crippen LogP contribution in [0.1, 0.15) is 11.1 Å². The number of benzene rings is 2. The molecule has 0 fully saturated rings. The molecular formula is C22H18N4O3. The zero-order chi connectivity index (χ0) is 20.4. The molecule has 0 spiro atoms. The molecule has 29 heavy (non-hydrogen) atoms. The molecule has 2 aromatic heterocycles. The third kappa shape index (κ3) is 3.44. The third-order valence-corrected chi connectivity index (χ3v) is 4.69. The van der Waals surface area contributed by atoms with Crippen LogP contribution in [0.3, 0.4) is 0 Å². The van der Waals surface area contributed by atoms with E-state index in [0.29, 0.717) is 34.8 Å². The Labute approximate surface area is 167 Å². The molecule has 0 aliphatic rings. The fourth-order valence-electron chi connectivity index (χ4n) is 3.22. The Kier molecular flexibility index (Phi) is 4.75. The van der Waals surface area contributed by atoms with Gasteiger partial charge in [0.1, 0.15) is 5.52 Å². The largest absolute Gasteiger partial charge is 0.493 e. The van der Waals surface area contributed by atoms with E-state index in [4.69, 9.17) is 14.7 Å². The second-order valence-electron chi connectivity index (χ2n) is 6.47. The molecule has 0 N–H and O–H groups in total. The second-order valence-corrected chi connectivity index (χ2v) is 6.47. The van der Waals surface area contributed by atoms with Crippen molar-refractivity contribution >= 4 is 5.52 Å². The molecule has 0 radical (unpaired) electrons. The molecule has 0 aliphatic heterocycles. The highest BCUT2D eigenvalue weighted by atomic mass is 16.5. The average molecular weight is 386 g/mol. The van der Waals surface area contributed by atoms with Crippen LogP contribution in [-0.2, 0) is 6.54 Å². The first-order valence-corrected chi connectivity index (χ1v) is 8.93. The van der Waals surface area contributed by atoms with E-state index >= 15 is 0 Å². The Morgan fingerprint density at radius 1 is 1.03 bits per heavy atom. The van der Waals surface area contributed by atoms with Gasteiger partial charge < -0.3 is 14.0 Å². The molecule has 2 heterocycles. The lowest BCUT2D eigenvalue weighted by Gasteiger charge is -2.08. The summed E-state index contributed by atoms with van der Waals surface area (Å²) in [6.07, 6.45) is 3.44. The first-order valence-electron chi connectivity index (χ1n) is 8.93. The molecule has 144 valence electrons. The first-order chi connectivity index (χ1) is 14.1. The van der Waals surface area contributed by atoms with Crippen molar-refractivity contribution in [1.82, 2.24) is 14.2 Å². The van der Waals surface area contributed by atoms with E-state index in [1.165, 1.54) is 0 Å². The summed E-state index contributed by atoms with van der Waals surface area (Å²) in [5, 5.41) is 13.6. The Hall–Kier alpha value is -4.05. The summed E-state index contributed by atoms with van der Waals surface area (Å²) < 4.78 is 13.8. The minimum absolute atomic E-state index is 0.158. The van der Waals surface area contributed by atoms with Crippen molar-refractivity contribution in [3.05, 3.63) is 82.4 Å². The van der Waals surface area contributed by atoms with E-state index in [-0.39, 0.29) is 5.56 Å². The van der Waals surface area contributed by atoms with Gasteiger partial charge in [0, 0.05) is 18.0 Å². The topological polar surface area (TPSA) is 81.5 Å². The molecule has 0 atom stereocenters. The SMILES string of the molecule is COc1ccc(-c2cc3c(=O)n(Cc4cccc(C#N)c4)ccn3n2)cc1OC. The molecule has 4 rings (SSSR count). The van der Waals surface area contributed by atoms with Gasteiger partial charge in [-0.3, -0.25) is 4.79 Å². The zero-order valence-electron chi connectivity index (χ0n) is 16.0. The lowest BCUT2D eigenvalue weighted by Crippen LogP contribution is -2.21. The van der Waals surface area contributed by atoms with Gasteiger partial charge in [-0.2, -0.15) is 10.4 Å². The summed E-state index contributed by atoms with van der Waals surface area (Å²) in [5.41, 5.74) is 3.24. The number of rotatable bonds is 5. The number of fused-ring (bicyclic) bond motifs is 1. The Balaban J connectivity index is 1.73. The summed E-state index contributed by atoms with van der Waals surface area (Å²) in [5.74, 6) is 1.22. The van der Waals surface area contributed by atoms with E-state index in [2.05, 4.69) is 11.2 Å². The van der Waals surface area contributed by atoms with Crippen LogP contribution in [0.5, 0.6) is 11.5 Å². The molecule has 4 aromatic rings. The van der Waals surface area contributed by atoms with Gasteiger partial charge in [-0.1, -0.05) is 12.1 Å². The minimum Gasteiger partial charge on any atom is -0.493 e. The molecule has 2 aromatic carbocycles. The smallest absolute Gasteiger partial charge is 0.276 e. The van der Waals surface area contributed by atoms with Gasteiger partial charge in [0.25, 0.3) is 5.56 Å². The van der Waals surface area contributed by atoms with Crippen LogP contribution in [0, 0.1) is 11.3 Å². The molecule has 0 bridgehead atoms. The van der Waals surface area contributed by atoms with Gasteiger partial charge in [0.05, 0.1) is 38.1 Å². The number of ether oxygens (including phenoxy) is 2. The quantitative estimate of drug-likeness (QED) is 0.526. The number of methoxy groups -OCH3 is 2. The van der Waals surface area contributed by atoms with Crippen LogP contribution in [0.15, 0.2) is 65.7 Å². The Morgan fingerprint density at radius 2 is 1.86 bits per heavy atom. The fraction of sp³-hybridized carbons (Fsp3) is 0.136.